The first-order valence-electron chi connectivity index (χ1n) is 5.11. The molecule has 4 aliphatic rings. The van der Waals surface area contributed by atoms with Crippen LogP contribution in [-0.2, 0) is 14.2 Å². The Morgan fingerprint density at radius 2 is 2.13 bits per heavy atom. The summed E-state index contributed by atoms with van der Waals surface area (Å²) in [6.07, 6.45) is 12.2. The summed E-state index contributed by atoms with van der Waals surface area (Å²) in [6.45, 7) is 1.23. The molecule has 76 valence electrons. The summed E-state index contributed by atoms with van der Waals surface area (Å²) in [4.78, 5) is 0. The third kappa shape index (κ3) is 0.833. The van der Waals surface area contributed by atoms with Crippen molar-refractivity contribution in [1.29, 1.82) is 0 Å². The second-order valence-corrected chi connectivity index (χ2v) is 4.10. The lowest BCUT2D eigenvalue weighted by atomic mass is 9.90. The molecule has 0 aromatic rings. The summed E-state index contributed by atoms with van der Waals surface area (Å²) < 4.78 is 16.9. The second kappa shape index (κ2) is 2.26. The maximum Gasteiger partial charge on any atom is 0.231 e. The van der Waals surface area contributed by atoms with Crippen molar-refractivity contribution in [2.75, 3.05) is 13.2 Å². The van der Waals surface area contributed by atoms with Gasteiger partial charge in [0.1, 0.15) is 12.4 Å². The van der Waals surface area contributed by atoms with Crippen LogP contribution in [0.3, 0.4) is 0 Å². The van der Waals surface area contributed by atoms with Crippen molar-refractivity contribution in [3.8, 4) is 0 Å². The Morgan fingerprint density at radius 1 is 1.13 bits per heavy atom. The Labute approximate surface area is 87.3 Å². The lowest BCUT2D eigenvalue weighted by Gasteiger charge is -2.24. The molecule has 1 aliphatic carbocycles. The molecular formula is C12H10O3. The standard InChI is InChI=1S/C12H10O3/c1-3-9-7-11-4-2-6-14-12(11,15-11)8-10(9)13-5-1/h1-4,7-8H,5-6H2. The van der Waals surface area contributed by atoms with Gasteiger partial charge in [0.15, 0.2) is 5.60 Å². The van der Waals surface area contributed by atoms with Gasteiger partial charge in [-0.15, -0.1) is 0 Å². The minimum Gasteiger partial charge on any atom is -0.489 e. The first kappa shape index (κ1) is 7.91. The van der Waals surface area contributed by atoms with Crippen LogP contribution in [-0.4, -0.2) is 24.6 Å². The lowest BCUT2D eigenvalue weighted by molar-refractivity contribution is 0.00345. The molecule has 15 heavy (non-hydrogen) atoms. The molecule has 0 amide bonds. The molecule has 4 rings (SSSR count). The first-order chi connectivity index (χ1) is 7.34. The van der Waals surface area contributed by atoms with Crippen LogP contribution in [0.15, 0.2) is 47.8 Å². The fourth-order valence-electron chi connectivity index (χ4n) is 2.40. The number of fused-ring (bicyclic) bond motifs is 1. The predicted molar refractivity (Wildman–Crippen MR) is 52.9 cm³/mol. The third-order valence-corrected chi connectivity index (χ3v) is 3.19. The maximum absolute atomic E-state index is 5.73. The van der Waals surface area contributed by atoms with Crippen LogP contribution in [0, 0.1) is 0 Å². The van der Waals surface area contributed by atoms with E-state index in [4.69, 9.17) is 14.2 Å². The van der Waals surface area contributed by atoms with Crippen LogP contribution in [0.5, 0.6) is 0 Å². The van der Waals surface area contributed by atoms with E-state index in [1.54, 1.807) is 0 Å². The first-order valence-corrected chi connectivity index (χ1v) is 5.11. The number of rotatable bonds is 0. The van der Waals surface area contributed by atoms with Gasteiger partial charge in [-0.05, 0) is 18.2 Å². The van der Waals surface area contributed by atoms with Gasteiger partial charge in [-0.3, -0.25) is 0 Å². The third-order valence-electron chi connectivity index (χ3n) is 3.19. The average Bonchev–Trinajstić information content (AvgIpc) is 2.93. The van der Waals surface area contributed by atoms with E-state index in [1.807, 2.05) is 18.2 Å². The van der Waals surface area contributed by atoms with Gasteiger partial charge >= 0.3 is 0 Å². The van der Waals surface area contributed by atoms with Gasteiger partial charge in [0.25, 0.3) is 0 Å². The van der Waals surface area contributed by atoms with Crippen LogP contribution < -0.4 is 0 Å². The largest absolute Gasteiger partial charge is 0.489 e. The van der Waals surface area contributed by atoms with Gasteiger partial charge in [-0.1, -0.05) is 12.2 Å². The molecule has 0 radical (unpaired) electrons. The Morgan fingerprint density at radius 3 is 3.13 bits per heavy atom. The van der Waals surface area contributed by atoms with Crippen molar-refractivity contribution in [2.45, 2.75) is 11.4 Å². The Bertz CT molecular complexity index is 457. The quantitative estimate of drug-likeness (QED) is 0.440. The Balaban J connectivity index is 1.89. The van der Waals surface area contributed by atoms with Crippen LogP contribution in [0.4, 0.5) is 0 Å². The minimum absolute atomic E-state index is 0.366. The summed E-state index contributed by atoms with van der Waals surface area (Å²) in [5.74, 6) is 0.298. The molecule has 0 bridgehead atoms. The highest BCUT2D eigenvalue weighted by molar-refractivity contribution is 5.54. The summed E-state index contributed by atoms with van der Waals surface area (Å²) in [6, 6.07) is 0. The Hall–Kier alpha value is -1.32. The Kier molecular flexibility index (Phi) is 1.19. The van der Waals surface area contributed by atoms with E-state index in [2.05, 4.69) is 18.2 Å². The lowest BCUT2D eigenvalue weighted by Crippen LogP contribution is -2.31. The minimum atomic E-state index is -0.578. The molecule has 0 aromatic heterocycles. The fourth-order valence-corrected chi connectivity index (χ4v) is 2.40. The van der Waals surface area contributed by atoms with Crippen molar-refractivity contribution in [3.05, 3.63) is 47.8 Å². The number of allylic oxidation sites excluding steroid dienone is 1. The van der Waals surface area contributed by atoms with Gasteiger partial charge in [-0.2, -0.15) is 0 Å². The van der Waals surface area contributed by atoms with Crippen molar-refractivity contribution >= 4 is 0 Å². The molecule has 0 aromatic carbocycles. The normalized spacial score (nSPS) is 44.3. The SMILES string of the molecule is C1=CC2=CC34C=CCOC3(C=C2OC1)O4. The van der Waals surface area contributed by atoms with E-state index in [0.29, 0.717) is 13.2 Å². The molecule has 2 atom stereocenters. The number of hydrogen-bond donors (Lipinski definition) is 0. The van der Waals surface area contributed by atoms with Crippen LogP contribution in [0.25, 0.3) is 0 Å². The van der Waals surface area contributed by atoms with Crippen LogP contribution >= 0.6 is 0 Å². The fraction of sp³-hybridized carbons (Fsp3) is 0.333. The topological polar surface area (TPSA) is 31.0 Å². The molecule has 3 heterocycles. The molecule has 3 nitrogen and oxygen atoms in total. The highest BCUT2D eigenvalue weighted by atomic mass is 16.8. The molecule has 2 unspecified atom stereocenters. The zero-order chi connectivity index (χ0) is 9.93. The van der Waals surface area contributed by atoms with Crippen molar-refractivity contribution in [3.63, 3.8) is 0 Å². The van der Waals surface area contributed by atoms with E-state index < -0.39 is 5.79 Å². The van der Waals surface area contributed by atoms with Gasteiger partial charge in [-0.25, -0.2) is 0 Å². The van der Waals surface area contributed by atoms with Crippen LogP contribution in [0.2, 0.25) is 0 Å². The molecular weight excluding hydrogens is 192 g/mol. The predicted octanol–water partition coefficient (Wildman–Crippen LogP) is 1.45. The van der Waals surface area contributed by atoms with E-state index in [1.165, 1.54) is 0 Å². The maximum atomic E-state index is 5.73. The molecule has 0 saturated carbocycles. The van der Waals surface area contributed by atoms with Crippen molar-refractivity contribution in [2.24, 2.45) is 0 Å². The molecule has 0 N–H and O–H groups in total. The molecule has 0 spiro atoms. The number of ether oxygens (including phenoxy) is 3. The van der Waals surface area contributed by atoms with E-state index in [0.717, 1.165) is 11.3 Å². The molecule has 3 heteroatoms. The molecule has 3 aliphatic heterocycles. The molecule has 1 saturated heterocycles. The van der Waals surface area contributed by atoms with Gasteiger partial charge in [0.2, 0.25) is 5.79 Å². The smallest absolute Gasteiger partial charge is 0.231 e. The summed E-state index contributed by atoms with van der Waals surface area (Å²) in [5, 5.41) is 0. The summed E-state index contributed by atoms with van der Waals surface area (Å²) in [5.41, 5.74) is 0.722. The zero-order valence-electron chi connectivity index (χ0n) is 8.10. The summed E-state index contributed by atoms with van der Waals surface area (Å²) in [7, 11) is 0. The van der Waals surface area contributed by atoms with Gasteiger partial charge in [0.05, 0.1) is 6.61 Å². The van der Waals surface area contributed by atoms with Gasteiger partial charge < -0.3 is 14.2 Å². The van der Waals surface area contributed by atoms with Crippen molar-refractivity contribution < 1.29 is 14.2 Å². The molecule has 1 fully saturated rings. The highest BCUT2D eigenvalue weighted by Gasteiger charge is 2.71. The zero-order valence-corrected chi connectivity index (χ0v) is 8.10. The van der Waals surface area contributed by atoms with E-state index in [9.17, 15) is 0 Å². The highest BCUT2D eigenvalue weighted by Crippen LogP contribution is 2.58. The van der Waals surface area contributed by atoms with Gasteiger partial charge in [0, 0.05) is 11.6 Å². The average molecular weight is 202 g/mol. The summed E-state index contributed by atoms with van der Waals surface area (Å²) >= 11 is 0. The second-order valence-electron chi connectivity index (χ2n) is 4.10. The van der Waals surface area contributed by atoms with Crippen molar-refractivity contribution in [1.82, 2.24) is 0 Å². The van der Waals surface area contributed by atoms with Crippen LogP contribution in [0.1, 0.15) is 0 Å². The van der Waals surface area contributed by atoms with E-state index in [-0.39, 0.29) is 5.60 Å². The number of hydrogen-bond acceptors (Lipinski definition) is 3. The monoisotopic (exact) mass is 202 g/mol. The van der Waals surface area contributed by atoms with E-state index >= 15 is 0 Å². The number of epoxide rings is 1.